The molecule has 3 aliphatic heterocycles. The van der Waals surface area contributed by atoms with Crippen molar-refractivity contribution in [3.05, 3.63) is 99.8 Å². The Morgan fingerprint density at radius 1 is 0.905 bits per heavy atom. The molecule has 1 atom stereocenters. The van der Waals surface area contributed by atoms with Gasteiger partial charge in [-0.05, 0) is 138 Å². The molecule has 4 aromatic rings. The van der Waals surface area contributed by atoms with Crippen molar-refractivity contribution in [2.45, 2.75) is 104 Å². The van der Waals surface area contributed by atoms with Crippen molar-refractivity contribution in [3.63, 3.8) is 0 Å². The van der Waals surface area contributed by atoms with E-state index in [9.17, 15) is 20.0 Å². The molecule has 0 radical (unpaired) electrons. The van der Waals surface area contributed by atoms with Gasteiger partial charge in [-0.3, -0.25) is 14.7 Å². The Kier molecular flexibility index (Phi) is 14.5. The fourth-order valence-electron chi connectivity index (χ4n) is 9.14. The predicted molar refractivity (Wildman–Crippen MR) is 242 cm³/mol. The topological polar surface area (TPSA) is 138 Å². The first kappa shape index (κ1) is 45.7. The van der Waals surface area contributed by atoms with Crippen molar-refractivity contribution in [3.8, 4) is 40.2 Å². The van der Waals surface area contributed by atoms with E-state index >= 15 is 0 Å². The summed E-state index contributed by atoms with van der Waals surface area (Å²) < 4.78 is 24.8. The number of halogens is 1. The monoisotopic (exact) mass is 877 g/mol. The average molecular weight is 879 g/mol. The van der Waals surface area contributed by atoms with Gasteiger partial charge in [-0.2, -0.15) is 5.26 Å². The lowest BCUT2D eigenvalue weighted by atomic mass is 9.78. The molecule has 0 aliphatic carbocycles. The number of aromatic nitrogens is 1. The van der Waals surface area contributed by atoms with Crippen LogP contribution in [0.2, 0.25) is 5.02 Å². The molecule has 334 valence electrons. The molecule has 0 saturated carbocycles. The number of benzene rings is 3. The van der Waals surface area contributed by atoms with E-state index in [1.807, 2.05) is 54.8 Å². The molecule has 12 nitrogen and oxygen atoms in total. The molecule has 1 aromatic heterocycles. The summed E-state index contributed by atoms with van der Waals surface area (Å²) in [5, 5.41) is 19.8. The maximum atomic E-state index is 12.7. The number of nitrogens with zero attached hydrogens (tertiary/aromatic N) is 5. The van der Waals surface area contributed by atoms with Crippen molar-refractivity contribution in [2.24, 2.45) is 5.41 Å². The van der Waals surface area contributed by atoms with Gasteiger partial charge in [0.05, 0.1) is 23.4 Å². The van der Waals surface area contributed by atoms with Gasteiger partial charge in [0.2, 0.25) is 0 Å². The fourth-order valence-corrected chi connectivity index (χ4v) is 9.38. The van der Waals surface area contributed by atoms with Crippen molar-refractivity contribution in [2.75, 3.05) is 45.9 Å². The zero-order valence-corrected chi connectivity index (χ0v) is 38.0. The first-order valence-corrected chi connectivity index (χ1v) is 22.6. The number of likely N-dealkylation sites (tertiary alicyclic amines) is 3. The normalized spacial score (nSPS) is 17.9. The molecule has 0 bridgehead atoms. The van der Waals surface area contributed by atoms with Crippen LogP contribution in [0.15, 0.2) is 67.0 Å². The minimum atomic E-state index is -0.848. The number of aliphatic carboxylic acids is 1. The molecular formula is C50H60ClN5O7. The van der Waals surface area contributed by atoms with E-state index in [-0.39, 0.29) is 18.1 Å². The van der Waals surface area contributed by atoms with E-state index in [1.165, 1.54) is 12.4 Å². The lowest BCUT2D eigenvalue weighted by Crippen LogP contribution is -2.44. The second-order valence-electron chi connectivity index (χ2n) is 18.3. The van der Waals surface area contributed by atoms with Crippen molar-refractivity contribution >= 4 is 23.7 Å². The van der Waals surface area contributed by atoms with Gasteiger partial charge in [-0.15, -0.1) is 0 Å². The van der Waals surface area contributed by atoms with Gasteiger partial charge in [-0.25, -0.2) is 4.79 Å². The van der Waals surface area contributed by atoms with E-state index < -0.39 is 17.6 Å². The van der Waals surface area contributed by atoms with Crippen molar-refractivity contribution in [1.82, 2.24) is 19.7 Å². The van der Waals surface area contributed by atoms with Crippen LogP contribution in [0.3, 0.4) is 0 Å². The first-order valence-electron chi connectivity index (χ1n) is 22.2. The van der Waals surface area contributed by atoms with Gasteiger partial charge >= 0.3 is 12.1 Å². The third-order valence-corrected chi connectivity index (χ3v) is 13.0. The molecular weight excluding hydrogens is 818 g/mol. The number of pyridine rings is 1. The number of carbonyl (C=O) groups is 2. The number of nitriles is 1. The number of carboxylic acid groups (broad SMARTS) is 1. The Morgan fingerprint density at radius 3 is 2.40 bits per heavy atom. The highest BCUT2D eigenvalue weighted by atomic mass is 35.5. The number of hydrogen-bond acceptors (Lipinski definition) is 10. The van der Waals surface area contributed by atoms with E-state index in [2.05, 4.69) is 41.9 Å². The van der Waals surface area contributed by atoms with Crippen molar-refractivity contribution in [1.29, 1.82) is 5.26 Å². The summed E-state index contributed by atoms with van der Waals surface area (Å²) in [6.07, 6.45) is 9.30. The lowest BCUT2D eigenvalue weighted by molar-refractivity contribution is -0.144. The van der Waals surface area contributed by atoms with Crippen LogP contribution >= 0.6 is 11.6 Å². The van der Waals surface area contributed by atoms with Crippen LogP contribution in [-0.2, 0) is 22.7 Å². The number of hydrogen-bond donors (Lipinski definition) is 1. The third-order valence-electron chi connectivity index (χ3n) is 12.7. The van der Waals surface area contributed by atoms with Crippen molar-refractivity contribution < 1.29 is 33.6 Å². The molecule has 63 heavy (non-hydrogen) atoms. The molecule has 1 N–H and O–H groups in total. The molecule has 0 unspecified atom stereocenters. The van der Waals surface area contributed by atoms with E-state index in [0.717, 1.165) is 105 Å². The Labute approximate surface area is 376 Å². The third kappa shape index (κ3) is 11.4. The predicted octanol–water partition coefficient (Wildman–Crippen LogP) is 10.2. The zero-order chi connectivity index (χ0) is 44.7. The largest absolute Gasteiger partial charge is 0.493 e. The summed E-state index contributed by atoms with van der Waals surface area (Å²) in [7, 11) is 0. The van der Waals surface area contributed by atoms with E-state index in [4.69, 9.17) is 30.5 Å². The maximum Gasteiger partial charge on any atom is 0.410 e. The van der Waals surface area contributed by atoms with E-state index in [0.29, 0.717) is 59.5 Å². The van der Waals surface area contributed by atoms with Gasteiger partial charge < -0.3 is 33.9 Å². The average Bonchev–Trinajstić information content (AvgIpc) is 3.68. The Morgan fingerprint density at radius 2 is 1.65 bits per heavy atom. The Balaban J connectivity index is 0.974. The molecule has 13 heteroatoms. The van der Waals surface area contributed by atoms with Gasteiger partial charge in [0, 0.05) is 50.1 Å². The SMILES string of the molecule is Cc1c(COc2cc(Oc3cncc(C#N)c3)c(CN3CCCC[C@H]3C(=O)O)cc2Cl)cccc1-c1cccc(OCCCN2CCC3(CC2)CCN(C(=O)OC(C)(C)C)C3)c1C. The van der Waals surface area contributed by atoms with Crippen LogP contribution in [0, 0.1) is 30.6 Å². The van der Waals surface area contributed by atoms with E-state index in [1.54, 1.807) is 18.2 Å². The first-order chi connectivity index (χ1) is 30.2. The Hall–Kier alpha value is -5.35. The summed E-state index contributed by atoms with van der Waals surface area (Å²) in [4.78, 5) is 35.3. The zero-order valence-electron chi connectivity index (χ0n) is 37.3. The molecule has 3 saturated heterocycles. The van der Waals surface area contributed by atoms with Crippen LogP contribution in [0.4, 0.5) is 4.79 Å². The highest BCUT2D eigenvalue weighted by Crippen LogP contribution is 2.42. The second kappa shape index (κ2) is 20.0. The minimum absolute atomic E-state index is 0.191. The summed E-state index contributed by atoms with van der Waals surface area (Å²) in [6.45, 7) is 16.4. The van der Waals surface area contributed by atoms with Gasteiger partial charge in [0.25, 0.3) is 0 Å². The van der Waals surface area contributed by atoms with Crippen LogP contribution in [0.5, 0.6) is 23.0 Å². The van der Waals surface area contributed by atoms with Crippen LogP contribution < -0.4 is 14.2 Å². The number of amides is 1. The summed E-state index contributed by atoms with van der Waals surface area (Å²) in [5.41, 5.74) is 6.10. The number of piperidine rings is 2. The minimum Gasteiger partial charge on any atom is -0.493 e. The molecule has 3 fully saturated rings. The summed E-state index contributed by atoms with van der Waals surface area (Å²) in [6, 6.07) is 19.0. The van der Waals surface area contributed by atoms with Crippen LogP contribution in [0.25, 0.3) is 11.1 Å². The van der Waals surface area contributed by atoms with Gasteiger partial charge in [0.15, 0.2) is 0 Å². The smallest absolute Gasteiger partial charge is 0.410 e. The highest BCUT2D eigenvalue weighted by molar-refractivity contribution is 6.32. The standard InChI is InChI=1S/C50H60ClN5O7/c1-34-37(32-61-46-27-45(62-39-25-36(28-52)29-53-30-39)38(26-42(46)51)31-55-20-7-6-14-43(55)47(57)58)11-8-12-40(34)41-13-9-15-44(35(41)2)60-24-10-19-54-21-16-50(17-22-54)18-23-56(33-50)48(59)63-49(3,4)5/h8-9,11-13,15,25-27,29-30,43H,6-7,10,14,16-24,31-33H2,1-5H3,(H,57,58)/t43-/m0/s1. The molecule has 1 amide bonds. The molecule has 4 heterocycles. The number of carbonyl (C=O) groups excluding carboxylic acids is 1. The van der Waals surface area contributed by atoms with Gasteiger partial charge in [0.1, 0.15) is 47.3 Å². The second-order valence-corrected chi connectivity index (χ2v) is 18.7. The van der Waals surface area contributed by atoms with Crippen LogP contribution in [-0.4, -0.2) is 94.4 Å². The number of rotatable bonds is 14. The number of ether oxygens (including phenoxy) is 4. The quantitative estimate of drug-likeness (QED) is 0.121. The molecule has 3 aromatic carbocycles. The number of carboxylic acids is 1. The van der Waals surface area contributed by atoms with Gasteiger partial charge in [-0.1, -0.05) is 48.4 Å². The Bertz CT molecular complexity index is 2320. The highest BCUT2D eigenvalue weighted by Gasteiger charge is 2.43. The lowest BCUT2D eigenvalue weighted by Gasteiger charge is -2.39. The fraction of sp³-hybridized carbons (Fsp3) is 0.480. The maximum absolute atomic E-state index is 12.7. The molecule has 7 rings (SSSR count). The molecule has 3 aliphatic rings. The van der Waals surface area contributed by atoms with Crippen LogP contribution in [0.1, 0.15) is 93.5 Å². The summed E-state index contributed by atoms with van der Waals surface area (Å²) in [5.74, 6) is 1.25. The molecule has 1 spiro atoms. The summed E-state index contributed by atoms with van der Waals surface area (Å²) >= 11 is 6.89.